The van der Waals surface area contributed by atoms with Crippen LogP contribution in [0.15, 0.2) is 36.5 Å². The molecule has 0 rings (SSSR count). The van der Waals surface area contributed by atoms with E-state index in [1.165, 1.54) is 64.2 Å². The van der Waals surface area contributed by atoms with E-state index in [9.17, 15) is 24.5 Å². The average Bonchev–Trinajstić information content (AvgIpc) is 3.01. The van der Waals surface area contributed by atoms with E-state index in [1.807, 2.05) is 6.08 Å². The largest absolute Gasteiger partial charge is 0.472 e. The third-order valence-corrected chi connectivity index (χ3v) is 8.49. The molecule has 1 amide bonds. The monoisotopic (exact) mass is 658 g/mol. The van der Waals surface area contributed by atoms with E-state index in [1.54, 1.807) is 6.08 Å². The van der Waals surface area contributed by atoms with Crippen LogP contribution in [0.3, 0.4) is 0 Å². The Balaban J connectivity index is 4.59. The molecule has 9 nitrogen and oxygen atoms in total. The van der Waals surface area contributed by atoms with Crippen LogP contribution in [-0.4, -0.2) is 59.0 Å². The highest BCUT2D eigenvalue weighted by Gasteiger charge is 2.27. The third kappa shape index (κ3) is 29.8. The van der Waals surface area contributed by atoms with Gasteiger partial charge >= 0.3 is 7.82 Å². The van der Waals surface area contributed by atoms with E-state index >= 15 is 0 Å². The average molecular weight is 659 g/mol. The first-order valence-corrected chi connectivity index (χ1v) is 19.2. The number of phosphoric ester groups is 1. The molecule has 0 saturated heterocycles. The number of nitrogens with one attached hydrogen (secondary N) is 1. The van der Waals surface area contributed by atoms with E-state index in [4.69, 9.17) is 14.8 Å². The highest BCUT2D eigenvalue weighted by molar-refractivity contribution is 7.47. The Morgan fingerprint density at radius 2 is 1.27 bits per heavy atom. The van der Waals surface area contributed by atoms with Gasteiger partial charge in [-0.15, -0.1) is 0 Å². The highest BCUT2D eigenvalue weighted by Crippen LogP contribution is 2.43. The Kier molecular flexibility index (Phi) is 30.4. The minimum absolute atomic E-state index is 0.0422. The molecule has 0 saturated carbocycles. The lowest BCUT2D eigenvalue weighted by atomic mass is 10.0. The number of phosphoric acid groups is 1. The number of allylic oxidation sites excluding steroid dienone is 5. The fraction of sp³-hybridized carbons (Fsp3) is 0.800. The van der Waals surface area contributed by atoms with E-state index in [-0.39, 0.29) is 19.6 Å². The molecular formula is C35H67N2O7P. The van der Waals surface area contributed by atoms with Crippen molar-refractivity contribution in [3.8, 4) is 0 Å². The van der Waals surface area contributed by atoms with Crippen molar-refractivity contribution in [3.63, 3.8) is 0 Å². The van der Waals surface area contributed by atoms with Crippen molar-refractivity contribution in [1.29, 1.82) is 0 Å². The summed E-state index contributed by atoms with van der Waals surface area (Å²) in [6, 6.07) is -1.00. The number of aliphatic hydroxyl groups is 2. The van der Waals surface area contributed by atoms with Gasteiger partial charge in [-0.2, -0.15) is 0 Å². The van der Waals surface area contributed by atoms with Crippen LogP contribution in [0.5, 0.6) is 0 Å². The van der Waals surface area contributed by atoms with Gasteiger partial charge in [-0.1, -0.05) is 127 Å². The number of nitrogens with two attached hydrogens (primary N) is 1. The van der Waals surface area contributed by atoms with Gasteiger partial charge in [0.25, 0.3) is 0 Å². The van der Waals surface area contributed by atoms with Crippen molar-refractivity contribution in [2.75, 3.05) is 19.8 Å². The minimum atomic E-state index is -4.40. The first kappa shape index (κ1) is 43.7. The highest BCUT2D eigenvalue weighted by atomic mass is 31.2. The first-order chi connectivity index (χ1) is 21.8. The second-order valence-corrected chi connectivity index (χ2v) is 13.4. The van der Waals surface area contributed by atoms with E-state index < -0.39 is 38.6 Å². The Morgan fingerprint density at radius 1 is 0.756 bits per heavy atom. The number of hydrogen-bond donors (Lipinski definition) is 5. The molecule has 0 spiro atoms. The van der Waals surface area contributed by atoms with Gasteiger partial charge < -0.3 is 26.2 Å². The van der Waals surface area contributed by atoms with Gasteiger partial charge in [-0.3, -0.25) is 13.8 Å². The molecule has 0 aliphatic rings. The van der Waals surface area contributed by atoms with Crippen LogP contribution in [-0.2, 0) is 18.4 Å². The zero-order valence-electron chi connectivity index (χ0n) is 28.5. The van der Waals surface area contributed by atoms with E-state index in [0.717, 1.165) is 44.9 Å². The molecule has 0 aliphatic carbocycles. The van der Waals surface area contributed by atoms with Crippen molar-refractivity contribution >= 4 is 13.7 Å². The number of unbranched alkanes of at least 4 members (excludes halogenated alkanes) is 14. The normalized spacial score (nSPS) is 15.6. The number of carbonyl (C=O) groups excluding carboxylic acids is 1. The fourth-order valence-electron chi connectivity index (χ4n) is 4.79. The molecule has 0 aliphatic heterocycles. The van der Waals surface area contributed by atoms with Crippen LogP contribution in [0.4, 0.5) is 0 Å². The maximum Gasteiger partial charge on any atom is 0.472 e. The molecule has 0 radical (unpaired) electrons. The minimum Gasteiger partial charge on any atom is -0.393 e. The van der Waals surface area contributed by atoms with Gasteiger partial charge in [0.05, 0.1) is 37.9 Å². The standard InChI is InChI=1S/C35H67N2O7P/c1-3-5-7-9-11-13-15-16-17-19-21-23-25-27-34(39)33(31-44-45(41,42)43-29-28-36)37-35(40)30-32(38)26-24-22-20-18-14-12-10-8-6-4-2/h11,13,17,19,25,27,32-34,38-39H,3-10,12,14-16,18,20-24,26,28-31,36H2,1-2H3,(H,37,40)(H,41,42)/b13-11+,19-17+,27-25+. The predicted octanol–water partition coefficient (Wildman–Crippen LogP) is 7.80. The van der Waals surface area contributed by atoms with Crippen LogP contribution in [0.25, 0.3) is 0 Å². The lowest BCUT2D eigenvalue weighted by Gasteiger charge is -2.24. The van der Waals surface area contributed by atoms with E-state index in [0.29, 0.717) is 12.8 Å². The Morgan fingerprint density at radius 3 is 1.84 bits per heavy atom. The van der Waals surface area contributed by atoms with Gasteiger partial charge in [0.15, 0.2) is 0 Å². The summed E-state index contributed by atoms with van der Waals surface area (Å²) in [6.45, 7) is 3.86. The number of aliphatic hydroxyl groups excluding tert-OH is 2. The second-order valence-electron chi connectivity index (χ2n) is 11.9. The lowest BCUT2D eigenvalue weighted by Crippen LogP contribution is -2.46. The van der Waals surface area contributed by atoms with Gasteiger partial charge in [0.2, 0.25) is 5.91 Å². The summed E-state index contributed by atoms with van der Waals surface area (Å²) in [7, 11) is -4.40. The van der Waals surface area contributed by atoms with Crippen LogP contribution in [0, 0.1) is 0 Å². The zero-order valence-corrected chi connectivity index (χ0v) is 29.4. The van der Waals surface area contributed by atoms with Crippen molar-refractivity contribution < 1.29 is 33.5 Å². The molecule has 264 valence electrons. The van der Waals surface area contributed by atoms with Crippen LogP contribution >= 0.6 is 7.82 Å². The van der Waals surface area contributed by atoms with Crippen molar-refractivity contribution in [1.82, 2.24) is 5.32 Å². The van der Waals surface area contributed by atoms with Gasteiger partial charge in [-0.05, 0) is 44.9 Å². The summed E-state index contributed by atoms with van der Waals surface area (Å²) in [4.78, 5) is 22.5. The van der Waals surface area contributed by atoms with Crippen molar-refractivity contribution in [2.45, 2.75) is 161 Å². The summed E-state index contributed by atoms with van der Waals surface area (Å²) in [5, 5.41) is 23.8. The fourth-order valence-corrected chi connectivity index (χ4v) is 5.55. The molecule has 0 aromatic carbocycles. The lowest BCUT2D eigenvalue weighted by molar-refractivity contribution is -0.124. The first-order valence-electron chi connectivity index (χ1n) is 17.7. The predicted molar refractivity (Wildman–Crippen MR) is 186 cm³/mol. The summed E-state index contributed by atoms with van der Waals surface area (Å²) in [5.41, 5.74) is 5.33. The summed E-state index contributed by atoms with van der Waals surface area (Å²) >= 11 is 0. The molecule has 0 fully saturated rings. The molecule has 6 N–H and O–H groups in total. The van der Waals surface area contributed by atoms with Crippen LogP contribution in [0.1, 0.15) is 142 Å². The maximum absolute atomic E-state index is 12.7. The molecule has 0 aromatic heterocycles. The van der Waals surface area contributed by atoms with Gasteiger partial charge in [0.1, 0.15) is 0 Å². The number of amides is 1. The molecule has 4 atom stereocenters. The maximum atomic E-state index is 12.7. The second kappa shape index (κ2) is 31.3. The summed E-state index contributed by atoms with van der Waals surface area (Å²) in [5.74, 6) is -0.464. The zero-order chi connectivity index (χ0) is 33.4. The molecular weight excluding hydrogens is 591 g/mol. The number of carbonyl (C=O) groups is 1. The summed E-state index contributed by atoms with van der Waals surface area (Å²) in [6.07, 6.45) is 30.9. The van der Waals surface area contributed by atoms with Crippen LogP contribution in [0.2, 0.25) is 0 Å². The summed E-state index contributed by atoms with van der Waals surface area (Å²) < 4.78 is 21.9. The Bertz CT molecular complexity index is 822. The number of rotatable bonds is 32. The molecule has 0 heterocycles. The van der Waals surface area contributed by atoms with Gasteiger partial charge in [0, 0.05) is 6.54 Å². The topological polar surface area (TPSA) is 151 Å². The van der Waals surface area contributed by atoms with Gasteiger partial charge in [-0.25, -0.2) is 4.57 Å². The molecule has 0 aromatic rings. The van der Waals surface area contributed by atoms with Crippen molar-refractivity contribution in [2.24, 2.45) is 5.73 Å². The van der Waals surface area contributed by atoms with Crippen LogP contribution < -0.4 is 11.1 Å². The smallest absolute Gasteiger partial charge is 0.393 e. The molecule has 4 unspecified atom stereocenters. The molecule has 10 heteroatoms. The third-order valence-electron chi connectivity index (χ3n) is 7.50. The quantitative estimate of drug-likeness (QED) is 0.0279. The number of hydrogen-bond acceptors (Lipinski definition) is 7. The molecule has 0 bridgehead atoms. The Hall–Kier alpha value is -1.32. The SMILES string of the molecule is CCCCC/C=C/CC/C=C/CC/C=C/C(O)C(COP(=O)(O)OCCN)NC(=O)CC(O)CCCCCCCCCCCC. The van der Waals surface area contributed by atoms with E-state index in [2.05, 4.69) is 43.5 Å². The van der Waals surface area contributed by atoms with Crippen molar-refractivity contribution in [3.05, 3.63) is 36.5 Å². The Labute approximate surface area is 274 Å². The molecule has 45 heavy (non-hydrogen) atoms.